The van der Waals surface area contributed by atoms with E-state index >= 15 is 0 Å². The van der Waals surface area contributed by atoms with Crippen LogP contribution in [0.2, 0.25) is 5.02 Å². The average molecular weight is 326 g/mol. The highest BCUT2D eigenvalue weighted by atomic mass is 35.5. The Balaban J connectivity index is 2.47. The predicted octanol–water partition coefficient (Wildman–Crippen LogP) is 3.77. The fourth-order valence-electron chi connectivity index (χ4n) is 2.01. The van der Waals surface area contributed by atoms with Crippen LogP contribution in [0.3, 0.4) is 0 Å². The largest absolute Gasteiger partial charge is 0.506 e. The van der Waals surface area contributed by atoms with Crippen LogP contribution in [0.5, 0.6) is 5.75 Å². The van der Waals surface area contributed by atoms with E-state index in [0.29, 0.717) is 16.8 Å². The SMILES string of the molecule is Cc1ccc(S(=O)(=O)Nc2c(C)cc(O)c(Cl)c2C)cc1. The Labute approximate surface area is 129 Å². The molecule has 2 aromatic carbocycles. The summed E-state index contributed by atoms with van der Waals surface area (Å²) in [5.41, 5.74) is 2.46. The summed E-state index contributed by atoms with van der Waals surface area (Å²) >= 11 is 5.97. The molecule has 2 aromatic rings. The van der Waals surface area contributed by atoms with Gasteiger partial charge in [-0.2, -0.15) is 0 Å². The van der Waals surface area contributed by atoms with Crippen LogP contribution < -0.4 is 4.72 Å². The van der Waals surface area contributed by atoms with Crippen LogP contribution in [-0.4, -0.2) is 13.5 Å². The van der Waals surface area contributed by atoms with Gasteiger partial charge in [-0.1, -0.05) is 29.3 Å². The third kappa shape index (κ3) is 3.14. The molecule has 0 aromatic heterocycles. The number of phenols is 1. The lowest BCUT2D eigenvalue weighted by atomic mass is 10.1. The Kier molecular flexibility index (Phi) is 4.16. The Morgan fingerprint density at radius 1 is 1.10 bits per heavy atom. The second kappa shape index (κ2) is 5.58. The molecule has 21 heavy (non-hydrogen) atoms. The number of hydrogen-bond acceptors (Lipinski definition) is 3. The molecule has 4 nitrogen and oxygen atoms in total. The van der Waals surface area contributed by atoms with E-state index in [9.17, 15) is 13.5 Å². The van der Waals surface area contributed by atoms with Crippen molar-refractivity contribution in [3.8, 4) is 5.75 Å². The molecular weight excluding hydrogens is 310 g/mol. The van der Waals surface area contributed by atoms with Crippen LogP contribution in [-0.2, 0) is 10.0 Å². The zero-order valence-electron chi connectivity index (χ0n) is 11.9. The lowest BCUT2D eigenvalue weighted by Gasteiger charge is -2.15. The number of benzene rings is 2. The molecule has 2 N–H and O–H groups in total. The number of anilines is 1. The summed E-state index contributed by atoms with van der Waals surface area (Å²) in [6.07, 6.45) is 0. The van der Waals surface area contributed by atoms with E-state index in [2.05, 4.69) is 4.72 Å². The molecule has 0 fully saturated rings. The molecule has 2 rings (SSSR count). The maximum Gasteiger partial charge on any atom is 0.261 e. The highest BCUT2D eigenvalue weighted by molar-refractivity contribution is 7.92. The lowest BCUT2D eigenvalue weighted by molar-refractivity contribution is 0.475. The number of phenolic OH excluding ortho intramolecular Hbond substituents is 1. The number of hydrogen-bond donors (Lipinski definition) is 2. The molecule has 0 radical (unpaired) electrons. The van der Waals surface area contributed by atoms with E-state index in [0.717, 1.165) is 5.56 Å². The summed E-state index contributed by atoms with van der Waals surface area (Å²) < 4.78 is 27.3. The third-order valence-electron chi connectivity index (χ3n) is 3.24. The monoisotopic (exact) mass is 325 g/mol. The number of aryl methyl sites for hydroxylation is 2. The fraction of sp³-hybridized carbons (Fsp3) is 0.200. The van der Waals surface area contributed by atoms with Crippen molar-refractivity contribution in [2.24, 2.45) is 0 Å². The maximum absolute atomic E-state index is 12.4. The number of sulfonamides is 1. The van der Waals surface area contributed by atoms with Gasteiger partial charge in [0.05, 0.1) is 15.6 Å². The van der Waals surface area contributed by atoms with Gasteiger partial charge >= 0.3 is 0 Å². The molecule has 0 saturated heterocycles. The van der Waals surface area contributed by atoms with Crippen molar-refractivity contribution in [2.75, 3.05) is 4.72 Å². The second-order valence-electron chi connectivity index (χ2n) is 4.95. The zero-order chi connectivity index (χ0) is 15.8. The van der Waals surface area contributed by atoms with Crippen molar-refractivity contribution >= 4 is 27.3 Å². The highest BCUT2D eigenvalue weighted by Gasteiger charge is 2.19. The van der Waals surface area contributed by atoms with Crippen molar-refractivity contribution in [2.45, 2.75) is 25.7 Å². The van der Waals surface area contributed by atoms with Gasteiger partial charge in [0.15, 0.2) is 0 Å². The van der Waals surface area contributed by atoms with Crippen LogP contribution in [0, 0.1) is 20.8 Å². The van der Waals surface area contributed by atoms with Gasteiger partial charge in [0.1, 0.15) is 5.75 Å². The van der Waals surface area contributed by atoms with Crippen LogP contribution in [0.15, 0.2) is 35.2 Å². The minimum Gasteiger partial charge on any atom is -0.506 e. The third-order valence-corrected chi connectivity index (χ3v) is 5.09. The number of aromatic hydroxyl groups is 1. The van der Waals surface area contributed by atoms with Gasteiger partial charge in [0.25, 0.3) is 10.0 Å². The zero-order valence-corrected chi connectivity index (χ0v) is 13.5. The first-order valence-corrected chi connectivity index (χ1v) is 8.16. The maximum atomic E-state index is 12.4. The molecule has 112 valence electrons. The standard InChI is InChI=1S/C15H16ClNO3S/c1-9-4-6-12(7-5-9)21(19,20)17-15-10(2)8-13(18)14(16)11(15)3/h4-8,17-18H,1-3H3. The van der Waals surface area contributed by atoms with Gasteiger partial charge in [-0.3, -0.25) is 4.72 Å². The molecule has 0 spiro atoms. The van der Waals surface area contributed by atoms with Gasteiger partial charge in [0, 0.05) is 0 Å². The van der Waals surface area contributed by atoms with E-state index in [1.807, 2.05) is 6.92 Å². The van der Waals surface area contributed by atoms with E-state index in [1.54, 1.807) is 38.1 Å². The Hall–Kier alpha value is -1.72. The molecule has 0 bridgehead atoms. The minimum absolute atomic E-state index is 0.0649. The molecule has 6 heteroatoms. The predicted molar refractivity (Wildman–Crippen MR) is 84.6 cm³/mol. The number of nitrogens with one attached hydrogen (secondary N) is 1. The van der Waals surface area contributed by atoms with E-state index in [4.69, 9.17) is 11.6 Å². The molecule has 0 atom stereocenters. The van der Waals surface area contributed by atoms with Gasteiger partial charge < -0.3 is 5.11 Å². The highest BCUT2D eigenvalue weighted by Crippen LogP contribution is 2.35. The molecule has 0 amide bonds. The topological polar surface area (TPSA) is 66.4 Å². The molecular formula is C15H16ClNO3S. The Morgan fingerprint density at radius 3 is 2.24 bits per heavy atom. The summed E-state index contributed by atoms with van der Waals surface area (Å²) in [7, 11) is -3.69. The average Bonchev–Trinajstić information content (AvgIpc) is 2.42. The van der Waals surface area contributed by atoms with Gasteiger partial charge in [-0.05, 0) is 50.1 Å². The molecule has 0 aliphatic carbocycles. The Bertz CT molecular complexity index is 784. The van der Waals surface area contributed by atoms with Crippen LogP contribution >= 0.6 is 11.6 Å². The summed E-state index contributed by atoms with van der Waals surface area (Å²) in [6, 6.07) is 7.99. The van der Waals surface area contributed by atoms with Crippen LogP contribution in [0.1, 0.15) is 16.7 Å². The first-order valence-electron chi connectivity index (χ1n) is 6.30. The van der Waals surface area contributed by atoms with E-state index in [1.165, 1.54) is 6.07 Å². The number of halogens is 1. The summed E-state index contributed by atoms with van der Waals surface area (Å²) in [4.78, 5) is 0.177. The quantitative estimate of drug-likeness (QED) is 0.844. The van der Waals surface area contributed by atoms with Crippen molar-refractivity contribution in [1.29, 1.82) is 0 Å². The second-order valence-corrected chi connectivity index (χ2v) is 7.01. The van der Waals surface area contributed by atoms with Crippen molar-refractivity contribution in [3.05, 3.63) is 52.0 Å². The van der Waals surface area contributed by atoms with Gasteiger partial charge in [0.2, 0.25) is 0 Å². The van der Waals surface area contributed by atoms with Crippen LogP contribution in [0.4, 0.5) is 5.69 Å². The summed E-state index contributed by atoms with van der Waals surface area (Å²) in [5.74, 6) is -0.0649. The molecule has 0 saturated carbocycles. The number of rotatable bonds is 3. The molecule has 0 aliphatic heterocycles. The summed E-state index contributed by atoms with van der Waals surface area (Å²) in [5, 5.41) is 9.78. The molecule has 0 heterocycles. The van der Waals surface area contributed by atoms with E-state index in [-0.39, 0.29) is 15.7 Å². The van der Waals surface area contributed by atoms with Gasteiger partial charge in [-0.15, -0.1) is 0 Å². The van der Waals surface area contributed by atoms with Crippen molar-refractivity contribution in [3.63, 3.8) is 0 Å². The van der Waals surface area contributed by atoms with Crippen molar-refractivity contribution < 1.29 is 13.5 Å². The van der Waals surface area contributed by atoms with E-state index < -0.39 is 10.0 Å². The normalized spacial score (nSPS) is 11.4. The molecule has 0 unspecified atom stereocenters. The smallest absolute Gasteiger partial charge is 0.261 e. The van der Waals surface area contributed by atoms with Crippen LogP contribution in [0.25, 0.3) is 0 Å². The fourth-order valence-corrected chi connectivity index (χ4v) is 3.35. The summed E-state index contributed by atoms with van der Waals surface area (Å²) in [6.45, 7) is 5.25. The van der Waals surface area contributed by atoms with Crippen molar-refractivity contribution in [1.82, 2.24) is 0 Å². The first-order chi connectivity index (χ1) is 9.72. The minimum atomic E-state index is -3.69. The van der Waals surface area contributed by atoms with Gasteiger partial charge in [-0.25, -0.2) is 8.42 Å². The molecule has 0 aliphatic rings. The lowest BCUT2D eigenvalue weighted by Crippen LogP contribution is -2.14. The Morgan fingerprint density at radius 2 is 1.67 bits per heavy atom. The first kappa shape index (κ1) is 15.7.